The van der Waals surface area contributed by atoms with Crippen molar-refractivity contribution in [2.24, 2.45) is 0 Å². The molecule has 158 valence electrons. The van der Waals surface area contributed by atoms with Gasteiger partial charge in [-0.15, -0.1) is 0 Å². The average molecular weight is 413 g/mol. The zero-order chi connectivity index (χ0) is 21.8. The molecular formula is C28H28O3. The normalized spacial score (nSPS) is 14.3. The molecule has 0 atom stereocenters. The van der Waals surface area contributed by atoms with Gasteiger partial charge in [-0.25, -0.2) is 4.79 Å². The third-order valence-corrected chi connectivity index (χ3v) is 5.98. The summed E-state index contributed by atoms with van der Waals surface area (Å²) in [6.07, 6.45) is 7.51. The van der Waals surface area contributed by atoms with Crippen LogP contribution in [-0.4, -0.2) is 18.2 Å². The standard InChI is InChI=1S/C28H28O3/c1-19-15-21(18-26(16-19)31-2)17-25-8-4-6-22-5-3-7-23(27(22)25)12-9-20-10-13-24(14-11-20)28(29)30/h3,5,7,10-11,13-18H,4,6,8-9,12H2,1-2H3,(H,29,30)/b25-17+. The molecule has 0 bridgehead atoms. The number of hydrogen-bond acceptors (Lipinski definition) is 2. The van der Waals surface area contributed by atoms with Gasteiger partial charge in [0.05, 0.1) is 12.7 Å². The van der Waals surface area contributed by atoms with Crippen LogP contribution in [0.5, 0.6) is 5.75 Å². The van der Waals surface area contributed by atoms with Crippen LogP contribution in [0, 0.1) is 6.92 Å². The minimum Gasteiger partial charge on any atom is -0.497 e. The second kappa shape index (κ2) is 9.22. The van der Waals surface area contributed by atoms with Crippen molar-refractivity contribution in [3.8, 4) is 5.75 Å². The number of carboxylic acids is 1. The average Bonchev–Trinajstić information content (AvgIpc) is 2.77. The van der Waals surface area contributed by atoms with E-state index in [2.05, 4.69) is 49.4 Å². The Morgan fingerprint density at radius 3 is 2.58 bits per heavy atom. The molecule has 1 aliphatic carbocycles. The fraction of sp³-hybridized carbons (Fsp3) is 0.250. The summed E-state index contributed by atoms with van der Waals surface area (Å²) in [5.74, 6) is 0.00668. The molecule has 0 amide bonds. The second-order valence-electron chi connectivity index (χ2n) is 8.26. The lowest BCUT2D eigenvalue weighted by molar-refractivity contribution is 0.0697. The number of carbonyl (C=O) groups is 1. The Morgan fingerprint density at radius 1 is 1.03 bits per heavy atom. The quantitative estimate of drug-likeness (QED) is 0.512. The Bertz CT molecular complexity index is 1120. The van der Waals surface area contributed by atoms with Crippen molar-refractivity contribution in [2.45, 2.75) is 39.0 Å². The maximum Gasteiger partial charge on any atom is 0.335 e. The van der Waals surface area contributed by atoms with E-state index in [1.54, 1.807) is 19.2 Å². The summed E-state index contributed by atoms with van der Waals surface area (Å²) in [6.45, 7) is 2.10. The third kappa shape index (κ3) is 4.88. The summed E-state index contributed by atoms with van der Waals surface area (Å²) in [5.41, 5.74) is 9.45. The van der Waals surface area contributed by atoms with Crippen LogP contribution in [0.1, 0.15) is 56.6 Å². The number of rotatable bonds is 6. The van der Waals surface area contributed by atoms with Crippen LogP contribution in [0.2, 0.25) is 0 Å². The third-order valence-electron chi connectivity index (χ3n) is 5.98. The highest BCUT2D eigenvalue weighted by Crippen LogP contribution is 2.36. The maximum atomic E-state index is 11.1. The Balaban J connectivity index is 1.63. The van der Waals surface area contributed by atoms with Crippen molar-refractivity contribution in [3.05, 3.63) is 99.6 Å². The first kappa shape index (κ1) is 20.9. The van der Waals surface area contributed by atoms with E-state index in [1.807, 2.05) is 12.1 Å². The molecular weight excluding hydrogens is 384 g/mol. The number of carboxylic acid groups (broad SMARTS) is 1. The number of methoxy groups -OCH3 is 1. The first-order valence-electron chi connectivity index (χ1n) is 10.8. The van der Waals surface area contributed by atoms with Gasteiger partial charge in [0, 0.05) is 0 Å². The van der Waals surface area contributed by atoms with Crippen molar-refractivity contribution in [1.29, 1.82) is 0 Å². The Morgan fingerprint density at radius 2 is 1.84 bits per heavy atom. The molecule has 3 nitrogen and oxygen atoms in total. The van der Waals surface area contributed by atoms with Crippen LogP contribution in [-0.2, 0) is 19.3 Å². The molecule has 4 rings (SSSR count). The fourth-order valence-corrected chi connectivity index (χ4v) is 4.49. The second-order valence-corrected chi connectivity index (χ2v) is 8.26. The largest absolute Gasteiger partial charge is 0.497 e. The highest BCUT2D eigenvalue weighted by molar-refractivity contribution is 5.87. The van der Waals surface area contributed by atoms with Crippen molar-refractivity contribution >= 4 is 17.6 Å². The van der Waals surface area contributed by atoms with Crippen LogP contribution >= 0.6 is 0 Å². The lowest BCUT2D eigenvalue weighted by Crippen LogP contribution is -2.07. The molecule has 0 aliphatic heterocycles. The van der Waals surface area contributed by atoms with Crippen LogP contribution in [0.4, 0.5) is 0 Å². The molecule has 1 N–H and O–H groups in total. The van der Waals surface area contributed by atoms with Crippen LogP contribution in [0.15, 0.2) is 60.7 Å². The van der Waals surface area contributed by atoms with Gasteiger partial charge in [0.2, 0.25) is 0 Å². The smallest absolute Gasteiger partial charge is 0.335 e. The van der Waals surface area contributed by atoms with E-state index in [1.165, 1.54) is 39.8 Å². The Labute approximate surface area is 184 Å². The van der Waals surface area contributed by atoms with E-state index in [0.29, 0.717) is 5.56 Å². The van der Waals surface area contributed by atoms with Crippen LogP contribution in [0.3, 0.4) is 0 Å². The lowest BCUT2D eigenvalue weighted by atomic mass is 9.82. The van der Waals surface area contributed by atoms with Gasteiger partial charge < -0.3 is 9.84 Å². The van der Waals surface area contributed by atoms with Crippen LogP contribution < -0.4 is 4.74 Å². The highest BCUT2D eigenvalue weighted by Gasteiger charge is 2.18. The fourth-order valence-electron chi connectivity index (χ4n) is 4.49. The number of ether oxygens (including phenoxy) is 1. The first-order valence-corrected chi connectivity index (χ1v) is 10.8. The monoisotopic (exact) mass is 412 g/mol. The molecule has 0 heterocycles. The van der Waals surface area contributed by atoms with Gasteiger partial charge in [0.25, 0.3) is 0 Å². The summed E-state index contributed by atoms with van der Waals surface area (Å²) < 4.78 is 5.46. The van der Waals surface area contributed by atoms with Crippen molar-refractivity contribution in [3.63, 3.8) is 0 Å². The Hall–Kier alpha value is -3.33. The van der Waals surface area contributed by atoms with Crippen molar-refractivity contribution in [1.82, 2.24) is 0 Å². The predicted octanol–water partition coefficient (Wildman–Crippen LogP) is 6.36. The molecule has 0 radical (unpaired) electrons. The SMILES string of the molecule is COc1cc(C)cc(/C=C2\CCCc3cccc(CCc4ccc(C(=O)O)cc4)c32)c1. The number of aryl methyl sites for hydroxylation is 4. The maximum absolute atomic E-state index is 11.1. The van der Waals surface area contributed by atoms with E-state index < -0.39 is 5.97 Å². The van der Waals surface area contributed by atoms with Crippen molar-refractivity contribution < 1.29 is 14.6 Å². The number of hydrogen-bond donors (Lipinski definition) is 1. The molecule has 3 aromatic rings. The zero-order valence-corrected chi connectivity index (χ0v) is 18.2. The van der Waals surface area contributed by atoms with E-state index in [9.17, 15) is 4.79 Å². The summed E-state index contributed by atoms with van der Waals surface area (Å²) >= 11 is 0. The molecule has 0 fully saturated rings. The summed E-state index contributed by atoms with van der Waals surface area (Å²) in [4.78, 5) is 11.1. The van der Waals surface area contributed by atoms with Gasteiger partial charge in [-0.05, 0) is 102 Å². The lowest BCUT2D eigenvalue weighted by Gasteiger charge is -2.23. The molecule has 31 heavy (non-hydrogen) atoms. The topological polar surface area (TPSA) is 46.5 Å². The van der Waals surface area contributed by atoms with Crippen molar-refractivity contribution in [2.75, 3.05) is 7.11 Å². The van der Waals surface area contributed by atoms with Gasteiger partial charge in [0.1, 0.15) is 5.75 Å². The number of benzene rings is 3. The molecule has 0 unspecified atom stereocenters. The number of aromatic carboxylic acids is 1. The molecule has 1 aliphatic rings. The first-order chi connectivity index (χ1) is 15.0. The van der Waals surface area contributed by atoms with Crippen LogP contribution in [0.25, 0.3) is 11.6 Å². The van der Waals surface area contributed by atoms with Gasteiger partial charge in [-0.2, -0.15) is 0 Å². The molecule has 3 heteroatoms. The van der Waals surface area contributed by atoms with E-state index in [-0.39, 0.29) is 0 Å². The number of fused-ring (bicyclic) bond motifs is 1. The zero-order valence-electron chi connectivity index (χ0n) is 18.2. The minimum absolute atomic E-state index is 0.333. The summed E-state index contributed by atoms with van der Waals surface area (Å²) in [7, 11) is 1.71. The molecule has 0 saturated heterocycles. The van der Waals surface area contributed by atoms with Gasteiger partial charge >= 0.3 is 5.97 Å². The molecule has 3 aromatic carbocycles. The summed E-state index contributed by atoms with van der Waals surface area (Å²) in [5, 5.41) is 9.10. The van der Waals surface area contributed by atoms with Gasteiger partial charge in [0.15, 0.2) is 0 Å². The predicted molar refractivity (Wildman–Crippen MR) is 126 cm³/mol. The Kier molecular flexibility index (Phi) is 6.22. The van der Waals surface area contributed by atoms with E-state index in [4.69, 9.17) is 9.84 Å². The van der Waals surface area contributed by atoms with E-state index >= 15 is 0 Å². The summed E-state index contributed by atoms with van der Waals surface area (Å²) in [6, 6.07) is 20.2. The number of allylic oxidation sites excluding steroid dienone is 1. The van der Waals surface area contributed by atoms with Gasteiger partial charge in [-0.3, -0.25) is 0 Å². The minimum atomic E-state index is -0.883. The highest BCUT2D eigenvalue weighted by atomic mass is 16.5. The molecule has 0 spiro atoms. The van der Waals surface area contributed by atoms with E-state index in [0.717, 1.165) is 37.0 Å². The molecule has 0 aromatic heterocycles. The molecule has 0 saturated carbocycles. The van der Waals surface area contributed by atoms with Gasteiger partial charge in [-0.1, -0.05) is 42.5 Å².